The molecule has 2 N–H and O–H groups in total. The van der Waals surface area contributed by atoms with Crippen LogP contribution in [0.2, 0.25) is 0 Å². The summed E-state index contributed by atoms with van der Waals surface area (Å²) in [5.41, 5.74) is 5.36. The number of nitrogens with zero attached hydrogens (tertiary/aromatic N) is 2. The van der Waals surface area contributed by atoms with E-state index in [1.54, 1.807) is 0 Å². The van der Waals surface area contributed by atoms with Crippen molar-refractivity contribution in [3.8, 4) is 0 Å². The van der Waals surface area contributed by atoms with Crippen molar-refractivity contribution in [1.29, 1.82) is 0 Å². The summed E-state index contributed by atoms with van der Waals surface area (Å²) in [6.07, 6.45) is 0. The fraction of sp³-hybridized carbons (Fsp3) is 1.00. The van der Waals surface area contributed by atoms with E-state index in [-0.39, 0.29) is 0 Å². The molecule has 0 aromatic heterocycles. The summed E-state index contributed by atoms with van der Waals surface area (Å²) in [6, 6.07) is 0. The number of piperazine rings is 1. The standard InChI is InChI=1S/C10H24N3OS/c1-13(2)7-4-12(5-8-13)6-10-15(14)9-3-11/h3-11H2,1-2H3/q+1. The molecule has 0 spiro atoms. The first-order valence-corrected chi connectivity index (χ1v) is 7.12. The zero-order valence-electron chi connectivity index (χ0n) is 9.95. The van der Waals surface area contributed by atoms with Gasteiger partial charge in [0.2, 0.25) is 0 Å². The van der Waals surface area contributed by atoms with Gasteiger partial charge >= 0.3 is 0 Å². The Balaban J connectivity index is 2.16. The van der Waals surface area contributed by atoms with Crippen molar-refractivity contribution in [2.24, 2.45) is 5.73 Å². The topological polar surface area (TPSA) is 46.3 Å². The second-order valence-corrected chi connectivity index (χ2v) is 6.56. The third-order valence-electron chi connectivity index (χ3n) is 3.02. The van der Waals surface area contributed by atoms with E-state index in [1.807, 2.05) is 0 Å². The Morgan fingerprint density at radius 2 is 1.87 bits per heavy atom. The molecule has 0 radical (unpaired) electrons. The summed E-state index contributed by atoms with van der Waals surface area (Å²) in [7, 11) is 3.82. The van der Waals surface area contributed by atoms with Crippen molar-refractivity contribution in [2.75, 3.05) is 64.9 Å². The van der Waals surface area contributed by atoms with Gasteiger partial charge in [-0.2, -0.15) is 0 Å². The molecule has 0 bridgehead atoms. The van der Waals surface area contributed by atoms with Crippen LogP contribution in [0.4, 0.5) is 0 Å². The smallest absolute Gasteiger partial charge is 0.0912 e. The number of nitrogens with two attached hydrogens (primary N) is 1. The molecule has 0 aromatic carbocycles. The van der Waals surface area contributed by atoms with Gasteiger partial charge in [0, 0.05) is 48.5 Å². The van der Waals surface area contributed by atoms with Gasteiger partial charge in [0.25, 0.3) is 0 Å². The van der Waals surface area contributed by atoms with Crippen molar-refractivity contribution in [2.45, 2.75) is 0 Å². The third kappa shape index (κ3) is 5.06. The Hall–Kier alpha value is 0.0300. The Kier molecular flexibility index (Phi) is 5.18. The number of hydrogen-bond acceptors (Lipinski definition) is 3. The van der Waals surface area contributed by atoms with Crippen LogP contribution in [0.15, 0.2) is 0 Å². The quantitative estimate of drug-likeness (QED) is 0.626. The predicted molar refractivity (Wildman–Crippen MR) is 65.2 cm³/mol. The van der Waals surface area contributed by atoms with Crippen LogP contribution in [-0.2, 0) is 10.8 Å². The second kappa shape index (κ2) is 5.94. The summed E-state index contributed by atoms with van der Waals surface area (Å²) < 4.78 is 12.5. The van der Waals surface area contributed by atoms with Gasteiger partial charge in [0.05, 0.1) is 27.2 Å². The van der Waals surface area contributed by atoms with E-state index < -0.39 is 10.8 Å². The highest BCUT2D eigenvalue weighted by molar-refractivity contribution is 7.85. The second-order valence-electron chi connectivity index (χ2n) is 4.86. The zero-order chi connectivity index (χ0) is 11.3. The lowest BCUT2D eigenvalue weighted by Gasteiger charge is -2.39. The minimum atomic E-state index is -0.713. The van der Waals surface area contributed by atoms with Crippen LogP contribution < -0.4 is 5.73 Å². The molecule has 90 valence electrons. The Bertz CT molecular complexity index is 211. The molecular weight excluding hydrogens is 210 g/mol. The predicted octanol–water partition coefficient (Wildman–Crippen LogP) is -0.914. The maximum atomic E-state index is 11.4. The van der Waals surface area contributed by atoms with Crippen molar-refractivity contribution in [3.63, 3.8) is 0 Å². The average Bonchev–Trinajstić information content (AvgIpc) is 2.17. The van der Waals surface area contributed by atoms with Crippen LogP contribution in [0.5, 0.6) is 0 Å². The van der Waals surface area contributed by atoms with Crippen LogP contribution in [0.25, 0.3) is 0 Å². The highest BCUT2D eigenvalue weighted by atomic mass is 32.2. The maximum Gasteiger partial charge on any atom is 0.0912 e. The first-order valence-electron chi connectivity index (χ1n) is 5.63. The minimum Gasteiger partial charge on any atom is -0.330 e. The number of likely N-dealkylation sites (N-methyl/N-ethyl adjacent to an activating group) is 1. The fourth-order valence-electron chi connectivity index (χ4n) is 1.74. The van der Waals surface area contributed by atoms with Crippen LogP contribution in [0, 0.1) is 0 Å². The first-order chi connectivity index (χ1) is 7.03. The molecule has 1 unspecified atom stereocenters. The summed E-state index contributed by atoms with van der Waals surface area (Å²) in [5.74, 6) is 1.43. The van der Waals surface area contributed by atoms with E-state index in [2.05, 4.69) is 19.0 Å². The van der Waals surface area contributed by atoms with Gasteiger partial charge in [0.1, 0.15) is 0 Å². The molecule has 0 aromatic rings. The molecule has 4 nitrogen and oxygen atoms in total. The van der Waals surface area contributed by atoms with Crippen LogP contribution in [0.3, 0.4) is 0 Å². The molecular formula is C10H24N3OS+. The molecule has 15 heavy (non-hydrogen) atoms. The van der Waals surface area contributed by atoms with Crippen molar-refractivity contribution < 1.29 is 8.69 Å². The lowest BCUT2D eigenvalue weighted by Crippen LogP contribution is -2.55. The lowest BCUT2D eigenvalue weighted by molar-refractivity contribution is -0.894. The van der Waals surface area contributed by atoms with Crippen LogP contribution >= 0.6 is 0 Å². The molecule has 1 saturated heterocycles. The van der Waals surface area contributed by atoms with Crippen LogP contribution in [0.1, 0.15) is 0 Å². The van der Waals surface area contributed by atoms with Crippen molar-refractivity contribution >= 4 is 10.8 Å². The van der Waals surface area contributed by atoms with Gasteiger partial charge in [-0.05, 0) is 0 Å². The highest BCUT2D eigenvalue weighted by Crippen LogP contribution is 2.05. The number of rotatable bonds is 5. The number of quaternary nitrogens is 1. The summed E-state index contributed by atoms with van der Waals surface area (Å²) in [6.45, 7) is 6.16. The van der Waals surface area contributed by atoms with Gasteiger partial charge in [0.15, 0.2) is 0 Å². The summed E-state index contributed by atoms with van der Waals surface area (Å²) in [4.78, 5) is 2.41. The minimum absolute atomic E-state index is 0.538. The molecule has 1 aliphatic heterocycles. The molecule has 1 heterocycles. The van der Waals surface area contributed by atoms with E-state index in [4.69, 9.17) is 5.73 Å². The normalized spacial score (nSPS) is 23.9. The van der Waals surface area contributed by atoms with E-state index in [1.165, 1.54) is 13.1 Å². The Morgan fingerprint density at radius 3 is 2.40 bits per heavy atom. The van der Waals surface area contributed by atoms with Gasteiger partial charge < -0.3 is 10.2 Å². The summed E-state index contributed by atoms with van der Waals surface area (Å²) in [5, 5.41) is 0. The fourth-order valence-corrected chi connectivity index (χ4v) is 2.66. The van der Waals surface area contributed by atoms with Gasteiger partial charge in [-0.25, -0.2) is 0 Å². The molecule has 0 saturated carbocycles. The summed E-state index contributed by atoms with van der Waals surface area (Å²) >= 11 is 0. The third-order valence-corrected chi connectivity index (χ3v) is 4.35. The Labute approximate surface area is 95.5 Å². The van der Waals surface area contributed by atoms with Gasteiger partial charge in [-0.15, -0.1) is 0 Å². The molecule has 1 fully saturated rings. The molecule has 1 atom stereocenters. The maximum absolute atomic E-state index is 11.4. The monoisotopic (exact) mass is 234 g/mol. The van der Waals surface area contributed by atoms with E-state index in [9.17, 15) is 4.21 Å². The van der Waals surface area contributed by atoms with Gasteiger partial charge in [-0.3, -0.25) is 9.11 Å². The average molecular weight is 234 g/mol. The van der Waals surface area contributed by atoms with E-state index in [0.29, 0.717) is 12.3 Å². The lowest BCUT2D eigenvalue weighted by atomic mass is 10.3. The highest BCUT2D eigenvalue weighted by Gasteiger charge is 2.23. The van der Waals surface area contributed by atoms with Crippen molar-refractivity contribution in [1.82, 2.24) is 4.90 Å². The largest absolute Gasteiger partial charge is 0.330 e. The molecule has 5 heteroatoms. The van der Waals surface area contributed by atoms with Crippen molar-refractivity contribution in [3.05, 3.63) is 0 Å². The molecule has 1 aliphatic rings. The van der Waals surface area contributed by atoms with Gasteiger partial charge in [-0.1, -0.05) is 0 Å². The zero-order valence-corrected chi connectivity index (χ0v) is 10.8. The van der Waals surface area contributed by atoms with E-state index >= 15 is 0 Å². The van der Waals surface area contributed by atoms with E-state index in [0.717, 1.165) is 29.9 Å². The SMILES string of the molecule is C[N+]1(C)CCN(CCS(=O)CCN)CC1. The molecule has 0 aliphatic carbocycles. The number of hydrogen-bond donors (Lipinski definition) is 1. The first kappa shape index (κ1) is 13.1. The molecule has 0 amide bonds. The van der Waals surface area contributed by atoms with Crippen LogP contribution in [-0.4, -0.2) is 78.5 Å². The molecule has 1 rings (SSSR count). The Morgan fingerprint density at radius 1 is 1.27 bits per heavy atom.